The molecule has 0 atom stereocenters. The van der Waals surface area contributed by atoms with E-state index >= 15 is 0 Å². The molecule has 0 radical (unpaired) electrons. The Morgan fingerprint density at radius 3 is 2.61 bits per heavy atom. The SMILES string of the molecule is CCCN=C1NC(=O)N=C2N=C(C(C)C)N=C21.Cl. The maximum atomic E-state index is 11.4. The molecule has 6 nitrogen and oxygen atoms in total. The van der Waals surface area contributed by atoms with Crippen molar-refractivity contribution in [1.29, 1.82) is 0 Å². The van der Waals surface area contributed by atoms with Gasteiger partial charge in [0.1, 0.15) is 5.84 Å². The summed E-state index contributed by atoms with van der Waals surface area (Å²) in [5.74, 6) is 1.77. The largest absolute Gasteiger partial charge is 0.348 e. The number of hydrogen-bond donors (Lipinski definition) is 1. The van der Waals surface area contributed by atoms with Crippen molar-refractivity contribution < 1.29 is 4.79 Å². The van der Waals surface area contributed by atoms with E-state index in [0.717, 1.165) is 6.42 Å². The zero-order chi connectivity index (χ0) is 12.4. The predicted octanol–water partition coefficient (Wildman–Crippen LogP) is 1.85. The van der Waals surface area contributed by atoms with Gasteiger partial charge in [-0.05, 0) is 6.42 Å². The molecular weight excluding hydrogens is 254 g/mol. The van der Waals surface area contributed by atoms with E-state index in [9.17, 15) is 4.79 Å². The maximum Gasteiger partial charge on any atom is 0.348 e. The van der Waals surface area contributed by atoms with Crippen LogP contribution in [-0.2, 0) is 0 Å². The third kappa shape index (κ3) is 2.81. The van der Waals surface area contributed by atoms with Crippen LogP contribution in [0.3, 0.4) is 0 Å². The molecule has 0 unspecified atom stereocenters. The van der Waals surface area contributed by atoms with Crippen molar-refractivity contribution in [3.63, 3.8) is 0 Å². The zero-order valence-electron chi connectivity index (χ0n) is 10.6. The number of carbonyl (C=O) groups excluding carboxylic acids is 1. The fourth-order valence-corrected chi connectivity index (χ4v) is 1.47. The monoisotopic (exact) mass is 269 g/mol. The summed E-state index contributed by atoms with van der Waals surface area (Å²) in [5, 5.41) is 2.60. The number of amidine groups is 3. The summed E-state index contributed by atoms with van der Waals surface area (Å²) in [6.07, 6.45) is 0.914. The molecule has 0 aromatic carbocycles. The van der Waals surface area contributed by atoms with Gasteiger partial charge in [-0.3, -0.25) is 10.3 Å². The molecule has 0 saturated heterocycles. The van der Waals surface area contributed by atoms with Gasteiger partial charge in [0.05, 0.1) is 0 Å². The minimum absolute atomic E-state index is 0. The summed E-state index contributed by atoms with van der Waals surface area (Å²) in [6, 6.07) is -0.428. The second-order valence-electron chi connectivity index (χ2n) is 4.18. The van der Waals surface area contributed by atoms with Crippen LogP contribution < -0.4 is 5.32 Å². The second-order valence-corrected chi connectivity index (χ2v) is 4.18. The third-order valence-corrected chi connectivity index (χ3v) is 2.33. The first-order valence-electron chi connectivity index (χ1n) is 5.74. The molecule has 0 aliphatic carbocycles. The van der Waals surface area contributed by atoms with E-state index in [0.29, 0.717) is 29.8 Å². The van der Waals surface area contributed by atoms with Crippen LogP contribution in [0, 0.1) is 5.92 Å². The lowest BCUT2D eigenvalue weighted by atomic mass is 10.2. The summed E-state index contributed by atoms with van der Waals surface area (Å²) in [4.78, 5) is 28.1. The van der Waals surface area contributed by atoms with Gasteiger partial charge < -0.3 is 0 Å². The molecule has 2 amide bonds. The summed E-state index contributed by atoms with van der Waals surface area (Å²) in [5.41, 5.74) is 0.585. The van der Waals surface area contributed by atoms with Crippen LogP contribution in [0.15, 0.2) is 20.0 Å². The van der Waals surface area contributed by atoms with Gasteiger partial charge in [0.25, 0.3) is 0 Å². The molecule has 2 aliphatic rings. The summed E-state index contributed by atoms with van der Waals surface area (Å²) < 4.78 is 0. The Kier molecular flexibility index (Phi) is 4.72. The highest BCUT2D eigenvalue weighted by Gasteiger charge is 2.29. The summed E-state index contributed by atoms with van der Waals surface area (Å²) >= 11 is 0. The number of halogens is 1. The number of urea groups is 1. The van der Waals surface area contributed by atoms with E-state index < -0.39 is 6.03 Å². The Labute approximate surface area is 112 Å². The topological polar surface area (TPSA) is 78.5 Å². The third-order valence-electron chi connectivity index (χ3n) is 2.33. The van der Waals surface area contributed by atoms with Gasteiger partial charge in [0.15, 0.2) is 17.4 Å². The lowest BCUT2D eigenvalue weighted by Crippen LogP contribution is -2.42. The minimum Gasteiger partial charge on any atom is -0.289 e. The lowest BCUT2D eigenvalue weighted by molar-refractivity contribution is 0.253. The molecule has 18 heavy (non-hydrogen) atoms. The van der Waals surface area contributed by atoms with Crippen LogP contribution in [0.25, 0.3) is 0 Å². The van der Waals surface area contributed by atoms with Crippen molar-refractivity contribution in [3.05, 3.63) is 0 Å². The first kappa shape index (κ1) is 14.5. The number of hydrogen-bond acceptors (Lipinski definition) is 4. The van der Waals surface area contributed by atoms with E-state index in [1.807, 2.05) is 20.8 Å². The Balaban J connectivity index is 0.00000162. The number of fused-ring (bicyclic) bond motifs is 1. The fraction of sp³-hybridized carbons (Fsp3) is 0.545. The highest BCUT2D eigenvalue weighted by molar-refractivity contribution is 6.73. The van der Waals surface area contributed by atoms with Crippen LogP contribution >= 0.6 is 12.4 Å². The van der Waals surface area contributed by atoms with Crippen molar-refractivity contribution in [2.45, 2.75) is 27.2 Å². The van der Waals surface area contributed by atoms with Crippen molar-refractivity contribution >= 4 is 41.7 Å². The smallest absolute Gasteiger partial charge is 0.289 e. The predicted molar refractivity (Wildman–Crippen MR) is 75.5 cm³/mol. The molecule has 0 saturated carbocycles. The van der Waals surface area contributed by atoms with Crippen molar-refractivity contribution in [2.24, 2.45) is 25.9 Å². The van der Waals surface area contributed by atoms with Gasteiger partial charge in [0.2, 0.25) is 0 Å². The van der Waals surface area contributed by atoms with Gasteiger partial charge >= 0.3 is 6.03 Å². The lowest BCUT2D eigenvalue weighted by Gasteiger charge is -2.11. The molecule has 2 heterocycles. The standard InChI is InChI=1S/C11H15N5O.ClH/c1-4-5-12-9-7-10(16-11(17)15-9)14-8(13-7)6(2)3;/h6H,4-5H2,1-3H3,(H,12,15,17);1H. The van der Waals surface area contributed by atoms with Gasteiger partial charge in [0, 0.05) is 12.5 Å². The Morgan fingerprint density at radius 1 is 1.28 bits per heavy atom. The van der Waals surface area contributed by atoms with Crippen LogP contribution in [-0.4, -0.2) is 35.8 Å². The van der Waals surface area contributed by atoms with Crippen LogP contribution in [0.1, 0.15) is 27.2 Å². The molecule has 0 aromatic rings. The highest BCUT2D eigenvalue weighted by atomic mass is 35.5. The Morgan fingerprint density at radius 2 is 2.00 bits per heavy atom. The molecule has 98 valence electrons. The number of amides is 2. The van der Waals surface area contributed by atoms with Crippen LogP contribution in [0.2, 0.25) is 0 Å². The second kappa shape index (κ2) is 5.86. The minimum atomic E-state index is -0.428. The molecule has 7 heteroatoms. The molecule has 0 spiro atoms. The van der Waals surface area contributed by atoms with E-state index in [-0.39, 0.29) is 18.3 Å². The number of nitrogens with zero attached hydrogens (tertiary/aromatic N) is 4. The molecular formula is C11H16ClN5O. The number of rotatable bonds is 3. The van der Waals surface area contributed by atoms with Crippen molar-refractivity contribution in [3.8, 4) is 0 Å². The van der Waals surface area contributed by atoms with E-state index in [4.69, 9.17) is 0 Å². The molecule has 0 aromatic heterocycles. The Hall–Kier alpha value is -1.56. The molecule has 2 aliphatic heterocycles. The fourth-order valence-electron chi connectivity index (χ4n) is 1.47. The average molecular weight is 270 g/mol. The molecule has 1 N–H and O–H groups in total. The number of nitrogens with one attached hydrogen (secondary N) is 1. The Bertz CT molecular complexity index is 476. The zero-order valence-corrected chi connectivity index (χ0v) is 11.4. The molecule has 2 rings (SSSR count). The summed E-state index contributed by atoms with van der Waals surface area (Å²) in [7, 11) is 0. The normalized spacial score (nSPS) is 19.9. The van der Waals surface area contributed by atoms with Gasteiger partial charge in [-0.2, -0.15) is 4.99 Å². The summed E-state index contributed by atoms with van der Waals surface area (Å²) in [6.45, 7) is 6.67. The van der Waals surface area contributed by atoms with Crippen molar-refractivity contribution in [1.82, 2.24) is 5.32 Å². The van der Waals surface area contributed by atoms with E-state index in [1.54, 1.807) is 0 Å². The van der Waals surface area contributed by atoms with E-state index in [1.165, 1.54) is 0 Å². The van der Waals surface area contributed by atoms with Gasteiger partial charge in [-0.15, -0.1) is 12.4 Å². The number of aliphatic imine (C=N–C) groups is 4. The van der Waals surface area contributed by atoms with E-state index in [2.05, 4.69) is 25.3 Å². The van der Waals surface area contributed by atoms with Gasteiger partial charge in [-0.25, -0.2) is 14.8 Å². The van der Waals surface area contributed by atoms with Crippen LogP contribution in [0.5, 0.6) is 0 Å². The first-order valence-corrected chi connectivity index (χ1v) is 5.74. The number of carbonyl (C=O) groups is 1. The van der Waals surface area contributed by atoms with Gasteiger partial charge in [-0.1, -0.05) is 20.8 Å². The molecule has 0 bridgehead atoms. The quantitative estimate of drug-likeness (QED) is 0.834. The van der Waals surface area contributed by atoms with Crippen LogP contribution in [0.4, 0.5) is 4.79 Å². The highest BCUT2D eigenvalue weighted by Crippen LogP contribution is 2.11. The maximum absolute atomic E-state index is 11.4. The first-order chi connectivity index (χ1) is 8.11. The average Bonchev–Trinajstić information content (AvgIpc) is 2.69. The van der Waals surface area contributed by atoms with Crippen molar-refractivity contribution in [2.75, 3.05) is 6.54 Å². The molecule has 0 fully saturated rings.